The minimum atomic E-state index is -0.869. The van der Waals surface area contributed by atoms with Crippen LogP contribution in [-0.4, -0.2) is 67.2 Å². The average molecular weight is 709 g/mol. The zero-order chi connectivity index (χ0) is 35.3. The lowest BCUT2D eigenvalue weighted by atomic mass is 9.85. The van der Waals surface area contributed by atoms with E-state index in [-0.39, 0.29) is 33.6 Å². The molecular weight excluding hydrogens is 673 g/mol. The molecule has 0 saturated carbocycles. The second-order valence-corrected chi connectivity index (χ2v) is 14.7. The van der Waals surface area contributed by atoms with Crippen molar-refractivity contribution in [2.24, 2.45) is 5.16 Å². The topological polar surface area (TPSA) is 149 Å². The number of esters is 1. The Morgan fingerprint density at radius 3 is 2.30 bits per heavy atom. The van der Waals surface area contributed by atoms with Gasteiger partial charge in [-0.2, -0.15) is 0 Å². The van der Waals surface area contributed by atoms with Gasteiger partial charge in [0, 0.05) is 28.9 Å². The fourth-order valence-electron chi connectivity index (χ4n) is 5.62. The number of thioether (sulfide) groups is 1. The highest BCUT2D eigenvalue weighted by atomic mass is 32.2. The maximum Gasteiger partial charge on any atom is 0.347 e. The number of hydrogen-bond donors (Lipinski definition) is 2. The van der Waals surface area contributed by atoms with E-state index in [1.54, 1.807) is 49.0 Å². The number of nitrogens with zero attached hydrogens (tertiary/aromatic N) is 4. The second kappa shape index (κ2) is 15.1. The first-order valence-electron chi connectivity index (χ1n) is 15.9. The third-order valence-electron chi connectivity index (χ3n) is 7.76. The Kier molecular flexibility index (Phi) is 10.4. The van der Waals surface area contributed by atoms with E-state index < -0.39 is 35.5 Å². The molecule has 1 saturated heterocycles. The van der Waals surface area contributed by atoms with Crippen molar-refractivity contribution < 1.29 is 24.0 Å². The van der Waals surface area contributed by atoms with Crippen molar-refractivity contribution in [1.82, 2.24) is 20.2 Å². The molecule has 50 heavy (non-hydrogen) atoms. The van der Waals surface area contributed by atoms with Gasteiger partial charge in [0.1, 0.15) is 22.7 Å². The molecule has 2 aliphatic heterocycles. The van der Waals surface area contributed by atoms with Crippen LogP contribution in [0.15, 0.2) is 113 Å². The van der Waals surface area contributed by atoms with Gasteiger partial charge in [-0.05, 0) is 55.7 Å². The fraction of sp³-hybridized carbons (Fsp3) is 0.243. The summed E-state index contributed by atoms with van der Waals surface area (Å²) >= 11 is 2.72. The van der Waals surface area contributed by atoms with Crippen molar-refractivity contribution in [1.29, 1.82) is 0 Å². The lowest BCUT2D eigenvalue weighted by Gasteiger charge is -2.50. The van der Waals surface area contributed by atoms with E-state index >= 15 is 0 Å². The molecule has 2 aromatic carbocycles. The molecule has 3 N–H and O–H groups in total. The van der Waals surface area contributed by atoms with Crippen molar-refractivity contribution >= 4 is 57.8 Å². The van der Waals surface area contributed by atoms with Crippen LogP contribution in [0.3, 0.4) is 0 Å². The van der Waals surface area contributed by atoms with Gasteiger partial charge in [0.15, 0.2) is 10.8 Å². The summed E-state index contributed by atoms with van der Waals surface area (Å²) in [6.07, 6.45) is 7.55. The first kappa shape index (κ1) is 34.6. The number of hydrogen-bond acceptors (Lipinski definition) is 11. The standard InChI is InChI=1S/C37H36N6O5S2/c1-37(2,3)48-28(44)21-47-42-30(27-22-49-36(38)40-27)33(45)41-31-34(46)43-20-25(17-18-26-16-10-11-19-39-26)32(50-35(31)43)29(23-12-6-4-7-13-23)24-14-8-5-9-15-24/h4-20,22,29,31-32,35H,21H2,1-3H3,(H2,38,40)(H,41,45)/t31?,32?,35-/m1/s1. The first-order chi connectivity index (χ1) is 24.1. The smallest absolute Gasteiger partial charge is 0.347 e. The van der Waals surface area contributed by atoms with Gasteiger partial charge >= 0.3 is 5.97 Å². The molecule has 4 heterocycles. The van der Waals surface area contributed by atoms with E-state index in [0.29, 0.717) is 0 Å². The normalized spacial score (nSPS) is 19.1. The largest absolute Gasteiger partial charge is 0.457 e. The number of fused-ring (bicyclic) bond motifs is 1. The Hall–Kier alpha value is -5.27. The second-order valence-electron chi connectivity index (χ2n) is 12.5. The number of β-lactam (4-membered cyclic amide) rings is 1. The molecule has 2 aromatic heterocycles. The van der Waals surface area contributed by atoms with E-state index in [1.165, 1.54) is 0 Å². The molecule has 6 rings (SSSR count). The number of nitrogen functional groups attached to an aromatic ring is 1. The molecule has 2 amide bonds. The average Bonchev–Trinajstić information content (AvgIpc) is 3.54. The number of amides is 2. The Bertz CT molecular complexity index is 1890. The number of ether oxygens (including phenoxy) is 1. The van der Waals surface area contributed by atoms with Crippen LogP contribution in [0.25, 0.3) is 6.08 Å². The zero-order valence-electron chi connectivity index (χ0n) is 27.6. The van der Waals surface area contributed by atoms with Crippen molar-refractivity contribution in [3.63, 3.8) is 0 Å². The third kappa shape index (κ3) is 8.12. The predicted octanol–water partition coefficient (Wildman–Crippen LogP) is 5.38. The van der Waals surface area contributed by atoms with Gasteiger partial charge in [-0.15, -0.1) is 23.1 Å². The molecule has 2 aliphatic rings. The fourth-order valence-corrected chi connectivity index (χ4v) is 7.88. The Morgan fingerprint density at radius 1 is 1.02 bits per heavy atom. The predicted molar refractivity (Wildman–Crippen MR) is 195 cm³/mol. The number of pyridine rings is 1. The van der Waals surface area contributed by atoms with Gasteiger partial charge in [0.25, 0.3) is 11.8 Å². The highest BCUT2D eigenvalue weighted by Crippen LogP contribution is 2.48. The summed E-state index contributed by atoms with van der Waals surface area (Å²) in [5.74, 6) is -1.70. The van der Waals surface area contributed by atoms with Crippen molar-refractivity contribution in [3.05, 3.63) is 131 Å². The molecule has 0 bridgehead atoms. The summed E-state index contributed by atoms with van der Waals surface area (Å²) in [5, 5.41) is 8.00. The summed E-state index contributed by atoms with van der Waals surface area (Å²) in [5.41, 5.74) is 9.03. The van der Waals surface area contributed by atoms with Crippen LogP contribution in [-0.2, 0) is 24.0 Å². The summed E-state index contributed by atoms with van der Waals surface area (Å²) in [4.78, 5) is 55.1. The summed E-state index contributed by atoms with van der Waals surface area (Å²) < 4.78 is 5.26. The molecule has 3 atom stereocenters. The van der Waals surface area contributed by atoms with Crippen molar-refractivity contribution in [2.75, 3.05) is 12.3 Å². The number of carbonyl (C=O) groups excluding carboxylic acids is 3. The van der Waals surface area contributed by atoms with Crippen LogP contribution in [0.1, 0.15) is 49.2 Å². The zero-order valence-corrected chi connectivity index (χ0v) is 29.3. The number of anilines is 1. The number of nitrogens with one attached hydrogen (secondary N) is 1. The summed E-state index contributed by atoms with van der Waals surface area (Å²) in [7, 11) is 0. The van der Waals surface area contributed by atoms with E-state index in [1.807, 2.05) is 72.9 Å². The number of thiazole rings is 1. The summed E-state index contributed by atoms with van der Waals surface area (Å²) in [6, 6.07) is 25.3. The molecule has 1 fully saturated rings. The molecule has 11 nitrogen and oxygen atoms in total. The van der Waals surface area contributed by atoms with Gasteiger partial charge in [-0.1, -0.05) is 78.0 Å². The van der Waals surface area contributed by atoms with Gasteiger partial charge in [0.05, 0.1) is 5.69 Å². The Balaban J connectivity index is 1.29. The summed E-state index contributed by atoms with van der Waals surface area (Å²) in [6.45, 7) is 4.67. The van der Waals surface area contributed by atoms with Gasteiger partial charge in [0.2, 0.25) is 6.61 Å². The van der Waals surface area contributed by atoms with Crippen molar-refractivity contribution in [2.45, 2.75) is 49.0 Å². The van der Waals surface area contributed by atoms with Gasteiger partial charge in [-0.25, -0.2) is 9.78 Å². The van der Waals surface area contributed by atoms with Crippen LogP contribution in [0.4, 0.5) is 5.13 Å². The lowest BCUT2D eigenvalue weighted by Crippen LogP contribution is -2.69. The van der Waals surface area contributed by atoms with Gasteiger partial charge < -0.3 is 25.5 Å². The monoisotopic (exact) mass is 708 g/mol. The first-order valence-corrected chi connectivity index (χ1v) is 17.7. The molecule has 0 radical (unpaired) electrons. The maximum atomic E-state index is 13.7. The van der Waals surface area contributed by atoms with E-state index in [4.69, 9.17) is 15.3 Å². The maximum absolute atomic E-state index is 13.7. The number of aromatic nitrogens is 2. The Morgan fingerprint density at radius 2 is 1.70 bits per heavy atom. The highest BCUT2D eigenvalue weighted by molar-refractivity contribution is 8.01. The minimum absolute atomic E-state index is 0.0763. The van der Waals surface area contributed by atoms with Crippen LogP contribution >= 0.6 is 23.1 Å². The molecule has 256 valence electrons. The van der Waals surface area contributed by atoms with E-state index in [0.717, 1.165) is 33.7 Å². The number of allylic oxidation sites excluding steroid dienone is 1. The van der Waals surface area contributed by atoms with E-state index in [9.17, 15) is 14.4 Å². The number of rotatable bonds is 11. The molecule has 4 aromatic rings. The number of carbonyl (C=O) groups is 3. The van der Waals surface area contributed by atoms with Crippen LogP contribution < -0.4 is 11.1 Å². The molecule has 13 heteroatoms. The molecule has 2 unspecified atom stereocenters. The number of oxime groups is 1. The lowest BCUT2D eigenvalue weighted by molar-refractivity contribution is -0.160. The molecule has 0 aliphatic carbocycles. The third-order valence-corrected chi connectivity index (χ3v) is 10.1. The van der Waals surface area contributed by atoms with Crippen molar-refractivity contribution in [3.8, 4) is 0 Å². The molecule has 0 spiro atoms. The quantitative estimate of drug-likeness (QED) is 0.0907. The van der Waals surface area contributed by atoms with Crippen LogP contribution in [0.5, 0.6) is 0 Å². The molecular formula is C37H36N6O5S2. The number of nitrogens with two attached hydrogens (primary N) is 1. The van der Waals surface area contributed by atoms with Crippen LogP contribution in [0.2, 0.25) is 0 Å². The SMILES string of the molecule is CC(C)(C)OC(=O)CON=C(C(=O)NC1C(=O)N2C=C(C=Cc3ccccn3)C(C(c3ccccc3)c3ccccc3)S[C@H]12)c1csc(N)n1. The minimum Gasteiger partial charge on any atom is -0.457 e. The van der Waals surface area contributed by atoms with Crippen LogP contribution in [0, 0.1) is 0 Å². The highest BCUT2D eigenvalue weighted by Gasteiger charge is 2.52. The Labute approximate surface area is 298 Å². The van der Waals surface area contributed by atoms with Gasteiger partial charge in [-0.3, -0.25) is 14.6 Å². The van der Waals surface area contributed by atoms with E-state index in [2.05, 4.69) is 44.7 Å². The number of benzene rings is 2.